The molecular formula is C19H14Cl2N2O4S. The molecule has 0 atom stereocenters. The van der Waals surface area contributed by atoms with Crippen LogP contribution in [0.3, 0.4) is 0 Å². The summed E-state index contributed by atoms with van der Waals surface area (Å²) in [6.07, 6.45) is 1.54. The van der Waals surface area contributed by atoms with E-state index in [0.717, 1.165) is 16.7 Å². The molecule has 1 saturated heterocycles. The van der Waals surface area contributed by atoms with E-state index in [-0.39, 0.29) is 18.1 Å². The number of halogens is 2. The Bertz CT molecular complexity index is 973. The summed E-state index contributed by atoms with van der Waals surface area (Å²) in [5.74, 6) is -0.704. The molecule has 144 valence electrons. The van der Waals surface area contributed by atoms with Crippen LogP contribution < -0.4 is 10.5 Å². The number of benzene rings is 2. The third-order valence-corrected chi connectivity index (χ3v) is 5.44. The first-order chi connectivity index (χ1) is 13.4. The largest absolute Gasteiger partial charge is 0.483 e. The Morgan fingerprint density at radius 1 is 1.11 bits per heavy atom. The number of primary amides is 1. The second-order valence-electron chi connectivity index (χ2n) is 5.76. The molecule has 0 unspecified atom stereocenters. The van der Waals surface area contributed by atoms with E-state index in [1.165, 1.54) is 6.08 Å². The molecule has 1 aliphatic heterocycles. The van der Waals surface area contributed by atoms with Crippen LogP contribution in [-0.2, 0) is 16.1 Å². The van der Waals surface area contributed by atoms with E-state index in [4.69, 9.17) is 33.7 Å². The van der Waals surface area contributed by atoms with Crippen LogP contribution >= 0.6 is 35.0 Å². The van der Waals surface area contributed by atoms with Gasteiger partial charge in [0, 0.05) is 21.2 Å². The van der Waals surface area contributed by atoms with E-state index in [0.29, 0.717) is 26.9 Å². The predicted octanol–water partition coefficient (Wildman–Crippen LogP) is 4.09. The van der Waals surface area contributed by atoms with Gasteiger partial charge in [-0.2, -0.15) is 0 Å². The van der Waals surface area contributed by atoms with E-state index in [9.17, 15) is 14.4 Å². The molecule has 0 aromatic heterocycles. The van der Waals surface area contributed by atoms with Crippen molar-refractivity contribution in [2.75, 3.05) is 6.61 Å². The molecule has 6 nitrogen and oxygen atoms in total. The number of thioether (sulfide) groups is 1. The van der Waals surface area contributed by atoms with Gasteiger partial charge in [0.05, 0.1) is 11.4 Å². The smallest absolute Gasteiger partial charge is 0.293 e. The highest BCUT2D eigenvalue weighted by Gasteiger charge is 2.35. The minimum Gasteiger partial charge on any atom is -0.483 e. The maximum atomic E-state index is 12.7. The molecule has 2 aromatic carbocycles. The summed E-state index contributed by atoms with van der Waals surface area (Å²) in [5.41, 5.74) is 6.15. The van der Waals surface area contributed by atoms with E-state index in [2.05, 4.69) is 0 Å². The van der Waals surface area contributed by atoms with Gasteiger partial charge >= 0.3 is 0 Å². The zero-order valence-corrected chi connectivity index (χ0v) is 16.7. The molecule has 0 spiro atoms. The fourth-order valence-corrected chi connectivity index (χ4v) is 3.85. The van der Waals surface area contributed by atoms with Gasteiger partial charge in [0.25, 0.3) is 17.1 Å². The molecule has 0 saturated carbocycles. The average molecular weight is 437 g/mol. The van der Waals surface area contributed by atoms with Crippen LogP contribution in [0.5, 0.6) is 5.75 Å². The molecule has 2 aromatic rings. The topological polar surface area (TPSA) is 89.7 Å². The van der Waals surface area contributed by atoms with Crippen LogP contribution in [0, 0.1) is 0 Å². The van der Waals surface area contributed by atoms with E-state index in [1.54, 1.807) is 42.5 Å². The lowest BCUT2D eigenvalue weighted by molar-refractivity contribution is -0.123. The summed E-state index contributed by atoms with van der Waals surface area (Å²) in [6, 6.07) is 11.8. The Morgan fingerprint density at radius 3 is 2.46 bits per heavy atom. The van der Waals surface area contributed by atoms with Crippen LogP contribution in [0.4, 0.5) is 4.79 Å². The molecule has 9 heteroatoms. The van der Waals surface area contributed by atoms with Crippen molar-refractivity contribution in [3.05, 3.63) is 68.5 Å². The van der Waals surface area contributed by atoms with Crippen LogP contribution in [0.1, 0.15) is 11.1 Å². The number of hydrogen-bond donors (Lipinski definition) is 1. The van der Waals surface area contributed by atoms with Crippen LogP contribution in [0.2, 0.25) is 10.0 Å². The monoisotopic (exact) mass is 436 g/mol. The van der Waals surface area contributed by atoms with Gasteiger partial charge in [-0.05, 0) is 36.0 Å². The molecule has 3 amide bonds. The predicted molar refractivity (Wildman–Crippen MR) is 109 cm³/mol. The molecule has 2 N–H and O–H groups in total. The second-order valence-corrected chi connectivity index (χ2v) is 7.57. The maximum absolute atomic E-state index is 12.7. The van der Waals surface area contributed by atoms with Crippen molar-refractivity contribution in [3.63, 3.8) is 0 Å². The maximum Gasteiger partial charge on any atom is 0.293 e. The lowest BCUT2D eigenvalue weighted by Gasteiger charge is -2.14. The third-order valence-electron chi connectivity index (χ3n) is 3.83. The molecule has 28 heavy (non-hydrogen) atoms. The van der Waals surface area contributed by atoms with Crippen molar-refractivity contribution in [1.82, 2.24) is 4.90 Å². The zero-order chi connectivity index (χ0) is 20.3. The number of ether oxygens (including phenoxy) is 1. The Kier molecular flexibility index (Phi) is 6.28. The molecule has 3 rings (SSSR count). The van der Waals surface area contributed by atoms with Crippen molar-refractivity contribution in [2.45, 2.75) is 6.54 Å². The molecule has 1 fully saturated rings. The van der Waals surface area contributed by atoms with Crippen molar-refractivity contribution in [3.8, 4) is 5.75 Å². The summed E-state index contributed by atoms with van der Waals surface area (Å²) in [7, 11) is 0. The van der Waals surface area contributed by atoms with Gasteiger partial charge < -0.3 is 10.5 Å². The number of nitrogens with two attached hydrogens (primary N) is 1. The Morgan fingerprint density at radius 2 is 1.79 bits per heavy atom. The van der Waals surface area contributed by atoms with Gasteiger partial charge in [0.15, 0.2) is 6.61 Å². The summed E-state index contributed by atoms with van der Waals surface area (Å²) in [6.45, 7) is -0.322. The summed E-state index contributed by atoms with van der Waals surface area (Å²) >= 11 is 13.1. The first-order valence-corrected chi connectivity index (χ1v) is 9.62. The summed E-state index contributed by atoms with van der Waals surface area (Å²) in [5, 5.41) is 0.323. The zero-order valence-electron chi connectivity index (χ0n) is 14.4. The first-order valence-electron chi connectivity index (χ1n) is 8.05. The Hall–Kier alpha value is -2.48. The van der Waals surface area contributed by atoms with Gasteiger partial charge in [0.1, 0.15) is 5.75 Å². The fraction of sp³-hybridized carbons (Fsp3) is 0.105. The fourth-order valence-electron chi connectivity index (χ4n) is 2.50. The number of amides is 3. The first kappa shape index (κ1) is 20.3. The molecule has 0 aliphatic carbocycles. The highest BCUT2D eigenvalue weighted by molar-refractivity contribution is 8.18. The number of imide groups is 1. The highest BCUT2D eigenvalue weighted by Crippen LogP contribution is 2.36. The summed E-state index contributed by atoms with van der Waals surface area (Å²) in [4.78, 5) is 37.4. The van der Waals surface area contributed by atoms with Crippen LogP contribution in [0.15, 0.2) is 47.4 Å². The SMILES string of the molecule is NC(=O)COc1ccccc1/C=C1\SC(=O)N(Cc2c(Cl)cccc2Cl)C1=O. The van der Waals surface area contributed by atoms with Gasteiger partial charge in [-0.3, -0.25) is 19.3 Å². The van der Waals surface area contributed by atoms with Crippen molar-refractivity contribution in [1.29, 1.82) is 0 Å². The number of nitrogens with zero attached hydrogens (tertiary/aromatic N) is 1. The number of rotatable bonds is 6. The minimum atomic E-state index is -0.619. The van der Waals surface area contributed by atoms with Crippen molar-refractivity contribution < 1.29 is 19.1 Å². The van der Waals surface area contributed by atoms with Crippen molar-refractivity contribution in [2.24, 2.45) is 5.73 Å². The summed E-state index contributed by atoms with van der Waals surface area (Å²) < 4.78 is 5.35. The number of para-hydroxylation sites is 1. The number of carbonyl (C=O) groups is 3. The van der Waals surface area contributed by atoms with Gasteiger partial charge in [-0.1, -0.05) is 47.5 Å². The lowest BCUT2D eigenvalue weighted by Crippen LogP contribution is -2.27. The second kappa shape index (κ2) is 8.68. The quantitative estimate of drug-likeness (QED) is 0.688. The normalized spacial score (nSPS) is 15.4. The van der Waals surface area contributed by atoms with E-state index >= 15 is 0 Å². The van der Waals surface area contributed by atoms with Crippen molar-refractivity contribution >= 4 is 58.1 Å². The number of hydrogen-bond acceptors (Lipinski definition) is 5. The van der Waals surface area contributed by atoms with E-state index in [1.807, 2.05) is 0 Å². The lowest BCUT2D eigenvalue weighted by atomic mass is 10.1. The highest BCUT2D eigenvalue weighted by atomic mass is 35.5. The number of carbonyl (C=O) groups excluding carboxylic acids is 3. The van der Waals surface area contributed by atoms with Gasteiger partial charge in [-0.25, -0.2) is 0 Å². The standard InChI is InChI=1S/C19H14Cl2N2O4S/c20-13-5-3-6-14(21)12(13)9-23-18(25)16(28-19(23)26)8-11-4-1-2-7-15(11)27-10-17(22)24/h1-8H,9-10H2,(H2,22,24)/b16-8-. The average Bonchev–Trinajstić information content (AvgIpc) is 2.91. The Balaban J connectivity index is 1.85. The third kappa shape index (κ3) is 4.49. The molecule has 1 heterocycles. The van der Waals surface area contributed by atoms with Gasteiger partial charge in [-0.15, -0.1) is 0 Å². The van der Waals surface area contributed by atoms with Crippen LogP contribution in [0.25, 0.3) is 6.08 Å². The Labute approximate surface area is 175 Å². The molecule has 1 aliphatic rings. The molecular weight excluding hydrogens is 423 g/mol. The van der Waals surface area contributed by atoms with Gasteiger partial charge in [0.2, 0.25) is 0 Å². The van der Waals surface area contributed by atoms with Crippen LogP contribution in [-0.4, -0.2) is 28.6 Å². The van der Waals surface area contributed by atoms with E-state index < -0.39 is 17.1 Å². The minimum absolute atomic E-state index is 0.0274. The molecule has 0 bridgehead atoms. The molecule has 0 radical (unpaired) electrons.